The molecule has 0 spiro atoms. The van der Waals surface area contributed by atoms with E-state index in [9.17, 15) is 40.3 Å². The van der Waals surface area contributed by atoms with Gasteiger partial charge >= 0.3 is 12.8 Å². The van der Waals surface area contributed by atoms with Gasteiger partial charge in [-0.1, -0.05) is 31.2 Å². The lowest BCUT2D eigenvalue weighted by Crippen LogP contribution is -2.46. The van der Waals surface area contributed by atoms with Crippen molar-refractivity contribution in [2.24, 2.45) is 0 Å². The fourth-order valence-corrected chi connectivity index (χ4v) is 5.87. The van der Waals surface area contributed by atoms with Gasteiger partial charge < -0.3 is 20.1 Å². The van der Waals surface area contributed by atoms with Gasteiger partial charge in [0.05, 0.1) is 47.1 Å². The number of hydrogen-bond acceptors (Lipinski definition) is 8. The Hall–Kier alpha value is -3.69. The second-order valence-corrected chi connectivity index (χ2v) is 12.5. The number of piperidine rings is 1. The minimum Gasteiger partial charge on any atom is -0.394 e. The third kappa shape index (κ3) is 8.07. The number of carbonyl (C=O) groups excluding carboxylic acids is 1. The number of sulfone groups is 1. The number of rotatable bonds is 11. The highest BCUT2D eigenvalue weighted by atomic mass is 32.2. The molecule has 1 aliphatic rings. The number of halogens is 5. The lowest BCUT2D eigenvalue weighted by molar-refractivity contribution is -0.137. The van der Waals surface area contributed by atoms with E-state index in [0.29, 0.717) is 24.0 Å². The van der Waals surface area contributed by atoms with Gasteiger partial charge in [-0.3, -0.25) is 4.79 Å². The first-order chi connectivity index (χ1) is 20.8. The van der Waals surface area contributed by atoms with Crippen molar-refractivity contribution < 1.29 is 45.0 Å². The number of aromatic nitrogens is 2. The Morgan fingerprint density at radius 2 is 1.70 bits per heavy atom. The molecule has 9 nitrogen and oxygen atoms in total. The summed E-state index contributed by atoms with van der Waals surface area (Å²) in [7, 11) is -3.42. The molecule has 0 saturated carbocycles. The van der Waals surface area contributed by atoms with E-state index in [-0.39, 0.29) is 41.2 Å². The second kappa shape index (κ2) is 13.9. The molecule has 1 amide bonds. The summed E-state index contributed by atoms with van der Waals surface area (Å²) in [5, 5.41) is 12.5. The Kier molecular flexibility index (Phi) is 10.5. The highest BCUT2D eigenvalue weighted by Gasteiger charge is 2.34. The number of carbonyl (C=O) groups is 1. The van der Waals surface area contributed by atoms with E-state index in [0.717, 1.165) is 12.1 Å². The smallest absolute Gasteiger partial charge is 0.394 e. The molecule has 3 atom stereocenters. The van der Waals surface area contributed by atoms with E-state index in [4.69, 9.17) is 0 Å². The van der Waals surface area contributed by atoms with Crippen molar-refractivity contribution in [3.05, 3.63) is 83.2 Å². The minimum atomic E-state index is -4.48. The molecule has 0 bridgehead atoms. The molecule has 238 valence electrons. The standard InChI is InChI=1S/C29H31F5N4O5S/c1-2-44(41,42)24-11-6-19(7-12-24)25(16-39)37-26(40)21-13-35-28(36-14-21)38-15-20(5-10-23(38)17-43-27(30)31)18-3-8-22(9-4-18)29(32,33)34/h3-4,6-9,11-14,20,23,25,27,39H,2,5,10,15-17H2,1H3,(H,37,40)/t20?,23-,25-/m0/s1. The highest BCUT2D eigenvalue weighted by Crippen LogP contribution is 2.35. The molecule has 0 radical (unpaired) electrons. The van der Waals surface area contributed by atoms with E-state index < -0.39 is 52.8 Å². The Balaban J connectivity index is 1.49. The number of ether oxygens (including phenoxy) is 1. The molecule has 1 saturated heterocycles. The van der Waals surface area contributed by atoms with Gasteiger partial charge in [-0.15, -0.1) is 0 Å². The van der Waals surface area contributed by atoms with E-state index in [1.807, 2.05) is 0 Å². The number of aliphatic hydroxyl groups excluding tert-OH is 1. The van der Waals surface area contributed by atoms with E-state index in [1.165, 1.54) is 55.7 Å². The zero-order valence-electron chi connectivity index (χ0n) is 23.5. The Morgan fingerprint density at radius 3 is 2.25 bits per heavy atom. The maximum absolute atomic E-state index is 13.0. The number of anilines is 1. The van der Waals surface area contributed by atoms with Crippen LogP contribution in [0.25, 0.3) is 0 Å². The van der Waals surface area contributed by atoms with Crippen LogP contribution in [0.2, 0.25) is 0 Å². The summed E-state index contributed by atoms with van der Waals surface area (Å²) >= 11 is 0. The van der Waals surface area contributed by atoms with Crippen molar-refractivity contribution in [2.45, 2.75) is 55.5 Å². The van der Waals surface area contributed by atoms with Crippen LogP contribution in [0.4, 0.5) is 27.9 Å². The molecule has 0 aliphatic carbocycles. The molecular formula is C29H31F5N4O5S. The van der Waals surface area contributed by atoms with E-state index in [2.05, 4.69) is 20.0 Å². The van der Waals surface area contributed by atoms with Gasteiger partial charge in [-0.05, 0) is 48.2 Å². The summed E-state index contributed by atoms with van der Waals surface area (Å²) in [5.74, 6) is -0.821. The molecule has 1 aromatic heterocycles. The third-order valence-corrected chi connectivity index (χ3v) is 9.25. The first-order valence-electron chi connectivity index (χ1n) is 13.7. The number of nitrogens with one attached hydrogen (secondary N) is 1. The number of amides is 1. The summed E-state index contributed by atoms with van der Waals surface area (Å²) in [4.78, 5) is 23.2. The molecule has 1 aliphatic heterocycles. The van der Waals surface area contributed by atoms with Crippen molar-refractivity contribution >= 4 is 21.7 Å². The van der Waals surface area contributed by atoms with E-state index in [1.54, 1.807) is 4.90 Å². The molecule has 2 aromatic carbocycles. The lowest BCUT2D eigenvalue weighted by atomic mass is 9.87. The largest absolute Gasteiger partial charge is 0.416 e. The van der Waals surface area contributed by atoms with Crippen LogP contribution in [0.5, 0.6) is 0 Å². The Labute approximate surface area is 251 Å². The monoisotopic (exact) mass is 642 g/mol. The minimum absolute atomic E-state index is 0.0362. The van der Waals surface area contributed by atoms with Gasteiger partial charge in [0, 0.05) is 24.9 Å². The SMILES string of the molecule is CCS(=O)(=O)c1ccc([C@H](CO)NC(=O)c2cnc(N3CC(c4ccc(C(F)(F)F)cc4)CC[C@H]3COC(F)F)nc2)cc1. The first kappa shape index (κ1) is 33.2. The molecule has 15 heteroatoms. The number of aliphatic hydroxyl groups is 1. The fourth-order valence-electron chi connectivity index (χ4n) is 4.98. The average molecular weight is 643 g/mol. The molecule has 1 fully saturated rings. The van der Waals surface area contributed by atoms with Crippen LogP contribution >= 0.6 is 0 Å². The molecule has 4 rings (SSSR count). The van der Waals surface area contributed by atoms with Crippen molar-refractivity contribution in [3.63, 3.8) is 0 Å². The van der Waals surface area contributed by atoms with Gasteiger partial charge in [0.1, 0.15) is 0 Å². The summed E-state index contributed by atoms with van der Waals surface area (Å²) in [6.45, 7) is -2.07. The average Bonchev–Trinajstić information content (AvgIpc) is 3.02. The maximum Gasteiger partial charge on any atom is 0.416 e. The van der Waals surface area contributed by atoms with Gasteiger partial charge in [0.25, 0.3) is 5.91 Å². The first-order valence-corrected chi connectivity index (χ1v) is 15.4. The van der Waals surface area contributed by atoms with E-state index >= 15 is 0 Å². The van der Waals surface area contributed by atoms with Crippen LogP contribution in [0, 0.1) is 0 Å². The van der Waals surface area contributed by atoms with Crippen molar-refractivity contribution in [3.8, 4) is 0 Å². The predicted molar refractivity (Wildman–Crippen MR) is 150 cm³/mol. The normalized spacial score (nSPS) is 18.3. The summed E-state index contributed by atoms with van der Waals surface area (Å²) < 4.78 is 93.4. The predicted octanol–water partition coefficient (Wildman–Crippen LogP) is 4.74. The molecule has 3 aromatic rings. The maximum atomic E-state index is 13.0. The van der Waals surface area contributed by atoms with Gasteiger partial charge in [-0.25, -0.2) is 18.4 Å². The van der Waals surface area contributed by atoms with Crippen LogP contribution < -0.4 is 10.2 Å². The fraction of sp³-hybridized carbons (Fsp3) is 0.414. The quantitative estimate of drug-likeness (QED) is 0.288. The Morgan fingerprint density at radius 1 is 1.07 bits per heavy atom. The zero-order valence-corrected chi connectivity index (χ0v) is 24.4. The van der Waals surface area contributed by atoms with Crippen molar-refractivity contribution in [1.29, 1.82) is 0 Å². The lowest BCUT2D eigenvalue weighted by Gasteiger charge is -2.39. The second-order valence-electron chi connectivity index (χ2n) is 10.2. The van der Waals surface area contributed by atoms with Crippen LogP contribution in [-0.2, 0) is 20.8 Å². The van der Waals surface area contributed by atoms with Crippen LogP contribution in [0.1, 0.15) is 58.8 Å². The summed E-state index contributed by atoms with van der Waals surface area (Å²) in [5.41, 5.74) is 0.369. The van der Waals surface area contributed by atoms with Crippen molar-refractivity contribution in [2.75, 3.05) is 30.4 Å². The summed E-state index contributed by atoms with van der Waals surface area (Å²) in [6.07, 6.45) is -1.13. The van der Waals surface area contributed by atoms with Crippen molar-refractivity contribution in [1.82, 2.24) is 15.3 Å². The molecule has 1 unspecified atom stereocenters. The molecular weight excluding hydrogens is 611 g/mol. The van der Waals surface area contributed by atoms with Crippen LogP contribution in [-0.4, -0.2) is 67.6 Å². The van der Waals surface area contributed by atoms with Crippen LogP contribution in [0.3, 0.4) is 0 Å². The number of benzene rings is 2. The van der Waals surface area contributed by atoms with Gasteiger partial charge in [0.2, 0.25) is 5.95 Å². The third-order valence-electron chi connectivity index (χ3n) is 7.50. The number of hydrogen-bond donors (Lipinski definition) is 2. The highest BCUT2D eigenvalue weighted by molar-refractivity contribution is 7.91. The topological polar surface area (TPSA) is 122 Å². The summed E-state index contributed by atoms with van der Waals surface area (Å²) in [6, 6.07) is 9.15. The molecule has 44 heavy (non-hydrogen) atoms. The number of nitrogens with zero attached hydrogens (tertiary/aromatic N) is 3. The van der Waals surface area contributed by atoms with Crippen LogP contribution in [0.15, 0.2) is 65.8 Å². The number of alkyl halides is 5. The van der Waals surface area contributed by atoms with Gasteiger partial charge in [0.15, 0.2) is 9.84 Å². The molecule has 2 N–H and O–H groups in total. The Bertz CT molecular complexity index is 1510. The molecule has 2 heterocycles. The zero-order chi connectivity index (χ0) is 32.1. The van der Waals surface area contributed by atoms with Gasteiger partial charge in [-0.2, -0.15) is 22.0 Å².